The van der Waals surface area contributed by atoms with Crippen LogP contribution in [0.4, 0.5) is 0 Å². The van der Waals surface area contributed by atoms with E-state index in [1.807, 2.05) is 0 Å². The molecule has 0 saturated heterocycles. The first-order valence-electron chi connectivity index (χ1n) is 9.33. The molecule has 0 spiro atoms. The topological polar surface area (TPSA) is 90.9 Å². The van der Waals surface area contributed by atoms with E-state index in [0.717, 1.165) is 0 Å². The van der Waals surface area contributed by atoms with Crippen molar-refractivity contribution in [3.63, 3.8) is 0 Å². The molecule has 9 heteroatoms. The molecule has 3 aromatic rings. The van der Waals surface area contributed by atoms with Crippen LogP contribution in [0.5, 0.6) is 17.2 Å². The number of ether oxygens (including phenoxy) is 3. The number of amides is 1. The van der Waals surface area contributed by atoms with E-state index >= 15 is 0 Å². The number of thiophene rings is 1. The quantitative estimate of drug-likeness (QED) is 0.522. The van der Waals surface area contributed by atoms with Gasteiger partial charge in [-0.2, -0.15) is 0 Å². The van der Waals surface area contributed by atoms with E-state index in [0.29, 0.717) is 22.1 Å². The van der Waals surface area contributed by atoms with Crippen LogP contribution < -0.4 is 19.5 Å². The van der Waals surface area contributed by atoms with Crippen molar-refractivity contribution in [1.82, 2.24) is 5.32 Å². The standard InChI is InChI=1S/C22H23NO6S2/c1-27-15-9-11-16(12-10-15)31(25,26)20(19-8-5-13-30-19)14-23-22(24)21-17(28-2)6-4-7-18(21)29-3/h4-13,20H,14H2,1-3H3,(H,23,24). The minimum absolute atomic E-state index is 0.116. The van der Waals surface area contributed by atoms with Crippen molar-refractivity contribution >= 4 is 27.1 Å². The zero-order valence-corrected chi connectivity index (χ0v) is 19.0. The van der Waals surface area contributed by atoms with E-state index in [2.05, 4.69) is 5.32 Å². The van der Waals surface area contributed by atoms with Crippen molar-refractivity contribution in [2.45, 2.75) is 10.1 Å². The van der Waals surface area contributed by atoms with Gasteiger partial charge in [0.1, 0.15) is 28.1 Å². The number of hydrogen-bond donors (Lipinski definition) is 1. The summed E-state index contributed by atoms with van der Waals surface area (Å²) >= 11 is 1.32. The lowest BCUT2D eigenvalue weighted by Gasteiger charge is -2.19. The summed E-state index contributed by atoms with van der Waals surface area (Å²) in [4.78, 5) is 13.7. The summed E-state index contributed by atoms with van der Waals surface area (Å²) in [5, 5.41) is 3.59. The van der Waals surface area contributed by atoms with Gasteiger partial charge >= 0.3 is 0 Å². The molecule has 0 aliphatic rings. The molecule has 1 aromatic heterocycles. The van der Waals surface area contributed by atoms with Gasteiger partial charge in [-0.25, -0.2) is 8.42 Å². The Morgan fingerprint density at radius 3 is 2.10 bits per heavy atom. The average Bonchev–Trinajstić information content (AvgIpc) is 3.32. The van der Waals surface area contributed by atoms with Crippen LogP contribution in [0.25, 0.3) is 0 Å². The third-order valence-corrected chi connectivity index (χ3v) is 7.96. The van der Waals surface area contributed by atoms with E-state index in [4.69, 9.17) is 14.2 Å². The lowest BCUT2D eigenvalue weighted by molar-refractivity contribution is 0.0947. The maximum Gasteiger partial charge on any atom is 0.258 e. The fraction of sp³-hybridized carbons (Fsp3) is 0.227. The molecule has 164 valence electrons. The van der Waals surface area contributed by atoms with E-state index in [1.54, 1.807) is 47.8 Å². The van der Waals surface area contributed by atoms with Gasteiger partial charge in [0.15, 0.2) is 9.84 Å². The number of carbonyl (C=O) groups is 1. The number of nitrogens with one attached hydrogen (secondary N) is 1. The molecule has 0 aliphatic heterocycles. The Morgan fingerprint density at radius 2 is 1.58 bits per heavy atom. The smallest absolute Gasteiger partial charge is 0.258 e. The van der Waals surface area contributed by atoms with Crippen LogP contribution in [0, 0.1) is 0 Å². The average molecular weight is 462 g/mol. The van der Waals surface area contributed by atoms with Gasteiger partial charge in [-0.1, -0.05) is 12.1 Å². The third-order valence-electron chi connectivity index (χ3n) is 4.73. The molecule has 0 bridgehead atoms. The second-order valence-corrected chi connectivity index (χ2v) is 9.58. The number of methoxy groups -OCH3 is 3. The molecule has 2 aromatic carbocycles. The van der Waals surface area contributed by atoms with Crippen LogP contribution in [0.15, 0.2) is 64.9 Å². The first-order valence-corrected chi connectivity index (χ1v) is 11.8. The monoisotopic (exact) mass is 461 g/mol. The fourth-order valence-corrected chi connectivity index (χ4v) is 5.90. The van der Waals surface area contributed by atoms with Crippen molar-refractivity contribution in [3.05, 3.63) is 70.4 Å². The summed E-state index contributed by atoms with van der Waals surface area (Å²) in [6.45, 7) is -0.116. The van der Waals surface area contributed by atoms with Gasteiger partial charge in [0.05, 0.1) is 26.2 Å². The zero-order valence-electron chi connectivity index (χ0n) is 17.3. The largest absolute Gasteiger partial charge is 0.497 e. The van der Waals surface area contributed by atoms with Crippen LogP contribution in [-0.4, -0.2) is 42.2 Å². The van der Waals surface area contributed by atoms with Gasteiger partial charge in [0, 0.05) is 11.4 Å². The highest BCUT2D eigenvalue weighted by Crippen LogP contribution is 2.33. The van der Waals surface area contributed by atoms with E-state index < -0.39 is 21.0 Å². The Labute approximate surface area is 185 Å². The Balaban J connectivity index is 1.91. The normalized spacial score (nSPS) is 12.1. The Bertz CT molecular complexity index is 1100. The Hall–Kier alpha value is -3.04. The molecule has 1 heterocycles. The van der Waals surface area contributed by atoms with Gasteiger partial charge in [0.2, 0.25) is 0 Å². The minimum atomic E-state index is -3.78. The molecule has 0 aliphatic carbocycles. The first kappa shape index (κ1) is 22.6. The molecular formula is C22H23NO6S2. The van der Waals surface area contributed by atoms with E-state index in [9.17, 15) is 13.2 Å². The van der Waals surface area contributed by atoms with Crippen LogP contribution in [-0.2, 0) is 9.84 Å². The number of carbonyl (C=O) groups excluding carboxylic acids is 1. The van der Waals surface area contributed by atoms with Crippen LogP contribution in [0.1, 0.15) is 20.5 Å². The summed E-state index contributed by atoms with van der Waals surface area (Å²) < 4.78 is 42.4. The molecule has 3 rings (SSSR count). The number of hydrogen-bond acceptors (Lipinski definition) is 7. The lowest BCUT2D eigenvalue weighted by Crippen LogP contribution is -2.32. The van der Waals surface area contributed by atoms with E-state index in [-0.39, 0.29) is 17.0 Å². The number of benzene rings is 2. The zero-order chi connectivity index (χ0) is 22.4. The molecule has 1 unspecified atom stereocenters. The highest BCUT2D eigenvalue weighted by atomic mass is 32.2. The van der Waals surface area contributed by atoms with Gasteiger partial charge in [-0.05, 0) is 47.8 Å². The van der Waals surface area contributed by atoms with Crippen LogP contribution >= 0.6 is 11.3 Å². The molecule has 7 nitrogen and oxygen atoms in total. The predicted molar refractivity (Wildman–Crippen MR) is 119 cm³/mol. The summed E-state index contributed by atoms with van der Waals surface area (Å²) in [6, 6.07) is 14.7. The molecule has 1 amide bonds. The van der Waals surface area contributed by atoms with Gasteiger partial charge in [-0.3, -0.25) is 4.79 Å². The van der Waals surface area contributed by atoms with Crippen molar-refractivity contribution in [2.24, 2.45) is 0 Å². The molecule has 1 N–H and O–H groups in total. The van der Waals surface area contributed by atoms with Gasteiger partial charge in [0.25, 0.3) is 5.91 Å². The van der Waals surface area contributed by atoms with E-state index in [1.165, 1.54) is 44.8 Å². The SMILES string of the molecule is COc1ccc(S(=O)(=O)C(CNC(=O)c2c(OC)cccc2OC)c2cccs2)cc1. The van der Waals surface area contributed by atoms with Gasteiger partial charge < -0.3 is 19.5 Å². The minimum Gasteiger partial charge on any atom is -0.497 e. The maximum absolute atomic E-state index is 13.4. The van der Waals surface area contributed by atoms with Gasteiger partial charge in [-0.15, -0.1) is 11.3 Å². The van der Waals surface area contributed by atoms with Crippen LogP contribution in [0.2, 0.25) is 0 Å². The fourth-order valence-electron chi connectivity index (χ4n) is 3.12. The molecule has 0 radical (unpaired) electrons. The molecule has 0 saturated carbocycles. The Morgan fingerprint density at radius 1 is 0.935 bits per heavy atom. The first-order chi connectivity index (χ1) is 14.9. The van der Waals surface area contributed by atoms with Crippen molar-refractivity contribution in [2.75, 3.05) is 27.9 Å². The maximum atomic E-state index is 13.4. The summed E-state index contributed by atoms with van der Waals surface area (Å²) in [5.41, 5.74) is 0.208. The molecule has 1 atom stereocenters. The predicted octanol–water partition coefficient (Wildman–Crippen LogP) is 3.72. The molecular weight excluding hydrogens is 438 g/mol. The molecule has 0 fully saturated rings. The van der Waals surface area contributed by atoms with Crippen molar-refractivity contribution in [3.8, 4) is 17.2 Å². The number of rotatable bonds is 9. The summed E-state index contributed by atoms with van der Waals surface area (Å²) in [6.07, 6.45) is 0. The number of sulfone groups is 1. The second kappa shape index (κ2) is 9.84. The Kier molecular flexibility index (Phi) is 7.19. The summed E-state index contributed by atoms with van der Waals surface area (Å²) in [7, 11) is 0.638. The van der Waals surface area contributed by atoms with Crippen molar-refractivity contribution < 1.29 is 27.4 Å². The highest BCUT2D eigenvalue weighted by molar-refractivity contribution is 7.91. The molecule has 31 heavy (non-hydrogen) atoms. The highest BCUT2D eigenvalue weighted by Gasteiger charge is 2.31. The van der Waals surface area contributed by atoms with Crippen LogP contribution in [0.3, 0.4) is 0 Å². The second-order valence-electron chi connectivity index (χ2n) is 6.47. The van der Waals surface area contributed by atoms with Crippen molar-refractivity contribution in [1.29, 1.82) is 0 Å². The third kappa shape index (κ3) is 4.83. The summed E-state index contributed by atoms with van der Waals surface area (Å²) in [5.74, 6) is 0.744. The lowest BCUT2D eigenvalue weighted by atomic mass is 10.1.